The van der Waals surface area contributed by atoms with Crippen LogP contribution in [0.2, 0.25) is 0 Å². The van der Waals surface area contributed by atoms with Crippen molar-refractivity contribution in [3.63, 3.8) is 0 Å². The highest BCUT2D eigenvalue weighted by Crippen LogP contribution is 2.25. The summed E-state index contributed by atoms with van der Waals surface area (Å²) in [6.07, 6.45) is 1.50. The first-order chi connectivity index (χ1) is 13.8. The second kappa shape index (κ2) is 14.1. The van der Waals surface area contributed by atoms with Gasteiger partial charge in [-0.25, -0.2) is 20.4 Å². The van der Waals surface area contributed by atoms with Gasteiger partial charge in [-0.15, -0.1) is 0 Å². The number of aryl methyl sites for hydroxylation is 3. The van der Waals surface area contributed by atoms with Gasteiger partial charge in [-0.2, -0.15) is 0 Å². The van der Waals surface area contributed by atoms with Crippen LogP contribution in [-0.2, 0) is 9.59 Å². The molecule has 0 saturated carbocycles. The second-order valence-corrected chi connectivity index (χ2v) is 6.00. The Kier molecular flexibility index (Phi) is 12.2. The van der Waals surface area contributed by atoms with Gasteiger partial charge < -0.3 is 11.5 Å². The van der Waals surface area contributed by atoms with E-state index < -0.39 is 0 Å². The van der Waals surface area contributed by atoms with Gasteiger partial charge in [0.2, 0.25) is 12.2 Å². The van der Waals surface area contributed by atoms with Crippen molar-refractivity contribution in [3.8, 4) is 11.1 Å². The van der Waals surface area contributed by atoms with Gasteiger partial charge in [-0.3, -0.25) is 0 Å². The zero-order valence-electron chi connectivity index (χ0n) is 16.8. The first-order valence-corrected chi connectivity index (χ1v) is 8.62. The highest BCUT2D eigenvalue weighted by Gasteiger charge is 2.01. The predicted molar refractivity (Wildman–Crippen MR) is 118 cm³/mol. The maximum absolute atomic E-state index is 8.35. The molecule has 0 heterocycles. The van der Waals surface area contributed by atoms with Crippen molar-refractivity contribution in [1.29, 1.82) is 10.8 Å². The number of hydrogen-bond acceptors (Lipinski definition) is 6. The minimum Gasteiger partial charge on any atom is -0.399 e. The van der Waals surface area contributed by atoms with Crippen molar-refractivity contribution in [2.24, 2.45) is 0 Å². The standard InChI is InChI=1S/C14H16N2.C7H8.2CHNO/c1-9-7-11(3-5-13(9)15)12-4-6-14(16)10(2)8-12;1-7-5-3-2-4-6-7;2*2-1-3/h3-8H,15-16H2,1-2H3;2-6H,1H3;2*2H. The Hall–Kier alpha value is -3.98. The SMILES string of the molecule is Cc1cc(-c2ccc(N)c(C)c2)ccc1N.Cc1ccccc1.N=C=O.N=C=O. The number of carbonyl (C=O) groups excluding carboxylic acids is 2. The quantitative estimate of drug-likeness (QED) is 0.266. The Labute approximate surface area is 171 Å². The molecule has 0 amide bonds. The van der Waals surface area contributed by atoms with Crippen LogP contribution in [0.4, 0.5) is 11.4 Å². The molecule has 6 N–H and O–H groups in total. The number of anilines is 2. The Morgan fingerprint density at radius 2 is 1.00 bits per heavy atom. The summed E-state index contributed by atoms with van der Waals surface area (Å²) in [6, 6.07) is 22.4. The van der Waals surface area contributed by atoms with Crippen LogP contribution in [0.25, 0.3) is 11.1 Å². The molecule has 0 aliphatic heterocycles. The van der Waals surface area contributed by atoms with Crippen molar-refractivity contribution < 1.29 is 9.59 Å². The number of nitrogens with one attached hydrogen (secondary N) is 2. The molecule has 0 unspecified atom stereocenters. The van der Waals surface area contributed by atoms with Gasteiger partial charge in [0.25, 0.3) is 0 Å². The molecule has 0 aliphatic carbocycles. The molecule has 6 heteroatoms. The summed E-state index contributed by atoms with van der Waals surface area (Å²) < 4.78 is 0. The molecule has 0 aromatic heterocycles. The van der Waals surface area contributed by atoms with E-state index in [1.165, 1.54) is 16.7 Å². The maximum atomic E-state index is 8.35. The number of rotatable bonds is 1. The fraction of sp³-hybridized carbons (Fsp3) is 0.130. The highest BCUT2D eigenvalue weighted by molar-refractivity contribution is 5.70. The topological polar surface area (TPSA) is 134 Å². The van der Waals surface area contributed by atoms with Crippen molar-refractivity contribution in [2.45, 2.75) is 20.8 Å². The van der Waals surface area contributed by atoms with Gasteiger partial charge in [-0.05, 0) is 67.3 Å². The van der Waals surface area contributed by atoms with E-state index in [1.54, 1.807) is 0 Å². The predicted octanol–water partition coefficient (Wildman–Crippen LogP) is 4.93. The fourth-order valence-corrected chi connectivity index (χ4v) is 2.24. The van der Waals surface area contributed by atoms with Crippen molar-refractivity contribution in [1.82, 2.24) is 0 Å². The lowest BCUT2D eigenvalue weighted by molar-refractivity contribution is 0.562. The van der Waals surface area contributed by atoms with Crippen LogP contribution < -0.4 is 11.5 Å². The minimum atomic E-state index is 0.750. The monoisotopic (exact) mass is 390 g/mol. The van der Waals surface area contributed by atoms with Crippen LogP contribution in [-0.4, -0.2) is 12.2 Å². The van der Waals surface area contributed by atoms with E-state index in [2.05, 4.69) is 31.2 Å². The van der Waals surface area contributed by atoms with Crippen molar-refractivity contribution in [3.05, 3.63) is 83.4 Å². The third-order valence-corrected chi connectivity index (χ3v) is 3.81. The first-order valence-electron chi connectivity index (χ1n) is 8.62. The van der Waals surface area contributed by atoms with Crippen LogP contribution in [0.5, 0.6) is 0 Å². The summed E-state index contributed by atoms with van der Waals surface area (Å²) in [5.74, 6) is 0. The molecule has 3 aromatic rings. The van der Waals surface area contributed by atoms with E-state index in [-0.39, 0.29) is 0 Å². The molecule has 3 rings (SSSR count). The minimum absolute atomic E-state index is 0.750. The van der Waals surface area contributed by atoms with E-state index >= 15 is 0 Å². The lowest BCUT2D eigenvalue weighted by Gasteiger charge is -2.07. The zero-order chi connectivity index (χ0) is 22.2. The smallest absolute Gasteiger partial charge is 0.231 e. The molecule has 0 radical (unpaired) electrons. The number of isocyanates is 2. The summed E-state index contributed by atoms with van der Waals surface area (Å²) in [5.41, 5.74) is 19.1. The van der Waals surface area contributed by atoms with Gasteiger partial charge in [0, 0.05) is 11.4 Å². The Morgan fingerprint density at radius 3 is 1.24 bits per heavy atom. The molecule has 0 aliphatic rings. The summed E-state index contributed by atoms with van der Waals surface area (Å²) in [6.45, 7) is 6.12. The second-order valence-electron chi connectivity index (χ2n) is 6.00. The largest absolute Gasteiger partial charge is 0.399 e. The van der Waals surface area contributed by atoms with E-state index in [0.717, 1.165) is 34.7 Å². The third kappa shape index (κ3) is 10.1. The lowest BCUT2D eigenvalue weighted by Crippen LogP contribution is -1.91. The van der Waals surface area contributed by atoms with E-state index in [4.69, 9.17) is 31.9 Å². The first kappa shape index (κ1) is 25.0. The fourth-order valence-electron chi connectivity index (χ4n) is 2.24. The van der Waals surface area contributed by atoms with E-state index in [0.29, 0.717) is 0 Å². The number of benzene rings is 3. The highest BCUT2D eigenvalue weighted by atomic mass is 16.1. The number of hydrogen-bond donors (Lipinski definition) is 4. The third-order valence-electron chi connectivity index (χ3n) is 3.81. The van der Waals surface area contributed by atoms with Gasteiger partial charge in [0.1, 0.15) is 0 Å². The van der Waals surface area contributed by atoms with Crippen LogP contribution in [0.1, 0.15) is 16.7 Å². The molecular formula is C23H26N4O2. The number of nitrogens with two attached hydrogens (primary N) is 2. The van der Waals surface area contributed by atoms with Crippen molar-refractivity contribution >= 4 is 23.5 Å². The maximum Gasteiger partial charge on any atom is 0.231 e. The molecular weight excluding hydrogens is 364 g/mol. The lowest BCUT2D eigenvalue weighted by atomic mass is 10.0. The van der Waals surface area contributed by atoms with Crippen LogP contribution >= 0.6 is 0 Å². The average molecular weight is 390 g/mol. The molecule has 0 saturated heterocycles. The Balaban J connectivity index is 0.000000498. The summed E-state index contributed by atoms with van der Waals surface area (Å²) >= 11 is 0. The molecule has 0 spiro atoms. The molecule has 0 bridgehead atoms. The van der Waals surface area contributed by atoms with Gasteiger partial charge in [0.05, 0.1) is 0 Å². The molecule has 29 heavy (non-hydrogen) atoms. The molecule has 0 fully saturated rings. The zero-order valence-corrected chi connectivity index (χ0v) is 16.8. The summed E-state index contributed by atoms with van der Waals surface area (Å²) in [4.78, 5) is 16.7. The molecule has 3 aromatic carbocycles. The molecule has 150 valence electrons. The Morgan fingerprint density at radius 1 is 0.655 bits per heavy atom. The molecule has 6 nitrogen and oxygen atoms in total. The van der Waals surface area contributed by atoms with Crippen molar-refractivity contribution in [2.75, 3.05) is 11.5 Å². The normalized spacial score (nSPS) is 8.38. The summed E-state index contributed by atoms with van der Waals surface area (Å²) in [7, 11) is 0. The number of nitrogen functional groups attached to an aromatic ring is 2. The van der Waals surface area contributed by atoms with Crippen LogP contribution in [0.3, 0.4) is 0 Å². The van der Waals surface area contributed by atoms with Gasteiger partial charge >= 0.3 is 0 Å². The average Bonchev–Trinajstić information content (AvgIpc) is 2.69. The van der Waals surface area contributed by atoms with Gasteiger partial charge in [0.15, 0.2) is 0 Å². The Bertz CT molecular complexity index is 896. The summed E-state index contributed by atoms with van der Waals surface area (Å²) in [5, 5.41) is 10.8. The van der Waals surface area contributed by atoms with Crippen LogP contribution in [0.15, 0.2) is 66.7 Å². The van der Waals surface area contributed by atoms with Gasteiger partial charge in [-0.1, -0.05) is 48.0 Å². The molecule has 0 atom stereocenters. The van der Waals surface area contributed by atoms with E-state index in [1.807, 2.05) is 56.3 Å². The van der Waals surface area contributed by atoms with E-state index in [9.17, 15) is 0 Å². The van der Waals surface area contributed by atoms with Crippen LogP contribution in [0, 0.1) is 31.6 Å².